The van der Waals surface area contributed by atoms with Crippen molar-refractivity contribution in [2.24, 2.45) is 4.99 Å². The van der Waals surface area contributed by atoms with E-state index in [0.29, 0.717) is 18.0 Å². The lowest BCUT2D eigenvalue weighted by atomic mass is 10.0. The summed E-state index contributed by atoms with van der Waals surface area (Å²) >= 11 is 6.41. The van der Waals surface area contributed by atoms with Gasteiger partial charge in [-0.2, -0.15) is 0 Å². The van der Waals surface area contributed by atoms with Crippen molar-refractivity contribution in [2.75, 3.05) is 4.90 Å². The number of piperazine rings is 1. The van der Waals surface area contributed by atoms with E-state index < -0.39 is 0 Å². The van der Waals surface area contributed by atoms with Gasteiger partial charge in [0.2, 0.25) is 5.91 Å². The van der Waals surface area contributed by atoms with Crippen LogP contribution in [0.2, 0.25) is 0 Å². The van der Waals surface area contributed by atoms with Crippen LogP contribution >= 0.6 is 11.6 Å². The number of rotatable bonds is 3. The molecule has 0 aromatic heterocycles. The van der Waals surface area contributed by atoms with E-state index in [2.05, 4.69) is 17.2 Å². The van der Waals surface area contributed by atoms with Gasteiger partial charge in [0.1, 0.15) is 11.2 Å². The second-order valence-corrected chi connectivity index (χ2v) is 5.98. The molecule has 2 aliphatic heterocycles. The van der Waals surface area contributed by atoms with E-state index in [1.807, 2.05) is 48.2 Å². The Hall–Kier alpha value is -2.07. The topological polar surface area (TPSA) is 44.7 Å². The third-order valence-corrected chi connectivity index (χ3v) is 4.59. The van der Waals surface area contributed by atoms with Gasteiger partial charge in [0, 0.05) is 5.69 Å². The zero-order valence-corrected chi connectivity index (χ0v) is 14.1. The number of halogens is 1. The highest BCUT2D eigenvalue weighted by Gasteiger charge is 2.36. The number of amides is 1. The summed E-state index contributed by atoms with van der Waals surface area (Å²) < 4.78 is 0. The van der Waals surface area contributed by atoms with Gasteiger partial charge >= 0.3 is 0 Å². The molecule has 1 N–H and O–H groups in total. The molecule has 1 aromatic rings. The molecule has 1 unspecified atom stereocenters. The maximum Gasteiger partial charge on any atom is 0.247 e. The minimum atomic E-state index is -0.291. The summed E-state index contributed by atoms with van der Waals surface area (Å²) in [7, 11) is 0. The molecule has 3 rings (SSSR count). The summed E-state index contributed by atoms with van der Waals surface area (Å²) in [6, 6.07) is 9.58. The summed E-state index contributed by atoms with van der Waals surface area (Å²) in [5.74, 6) is 0.716. The van der Waals surface area contributed by atoms with Crippen LogP contribution in [0.1, 0.15) is 33.1 Å². The quantitative estimate of drug-likeness (QED) is 0.853. The molecule has 120 valence electrons. The molecule has 2 heterocycles. The van der Waals surface area contributed by atoms with Crippen LogP contribution in [0.4, 0.5) is 5.69 Å². The second-order valence-electron chi connectivity index (χ2n) is 5.62. The fourth-order valence-corrected chi connectivity index (χ4v) is 3.24. The molecular weight excluding hydrogens is 310 g/mol. The van der Waals surface area contributed by atoms with E-state index >= 15 is 0 Å². The smallest absolute Gasteiger partial charge is 0.247 e. The lowest BCUT2D eigenvalue weighted by Gasteiger charge is -2.38. The van der Waals surface area contributed by atoms with Crippen LogP contribution in [0.15, 0.2) is 57.8 Å². The molecule has 0 aliphatic carbocycles. The van der Waals surface area contributed by atoms with Gasteiger partial charge in [-0.05, 0) is 37.0 Å². The number of hydrogen-bond donors (Lipinski definition) is 1. The average molecular weight is 330 g/mol. The molecule has 1 amide bonds. The van der Waals surface area contributed by atoms with Crippen LogP contribution in [0.3, 0.4) is 0 Å². The standard InChI is InChI=1S/C18H20ClN3O/c1-3-12-10-11-14-17(21-16(12)19)22(13-8-6-5-7-9-13)15(4-2)18(23)20-14/h5-9,11,15H,3-4,10H2,1-2H3,(H,20,23). The minimum Gasteiger partial charge on any atom is -0.321 e. The highest BCUT2D eigenvalue weighted by molar-refractivity contribution is 6.31. The number of para-hydroxylation sites is 1. The lowest BCUT2D eigenvalue weighted by Crippen LogP contribution is -2.57. The number of allylic oxidation sites excluding steroid dienone is 2. The number of anilines is 1. The number of hydrogen-bond acceptors (Lipinski definition) is 3. The Balaban J connectivity index is 2.15. The number of benzene rings is 1. The van der Waals surface area contributed by atoms with Gasteiger partial charge < -0.3 is 10.2 Å². The summed E-state index contributed by atoms with van der Waals surface area (Å²) in [5, 5.41) is 3.52. The normalized spacial score (nSPS) is 21.3. The van der Waals surface area contributed by atoms with Crippen LogP contribution < -0.4 is 10.2 Å². The second kappa shape index (κ2) is 6.59. The van der Waals surface area contributed by atoms with Gasteiger partial charge in [-0.1, -0.05) is 49.7 Å². The van der Waals surface area contributed by atoms with Crippen LogP contribution in [0.25, 0.3) is 0 Å². The summed E-state index contributed by atoms with van der Waals surface area (Å²) in [4.78, 5) is 19.2. The molecule has 1 aromatic carbocycles. The third kappa shape index (κ3) is 2.91. The van der Waals surface area contributed by atoms with Crippen molar-refractivity contribution in [2.45, 2.75) is 39.2 Å². The van der Waals surface area contributed by atoms with Crippen molar-refractivity contribution < 1.29 is 4.79 Å². The van der Waals surface area contributed by atoms with Gasteiger partial charge in [0.15, 0.2) is 5.84 Å². The third-order valence-electron chi connectivity index (χ3n) is 4.24. The molecule has 0 radical (unpaired) electrons. The van der Waals surface area contributed by atoms with Gasteiger partial charge in [-0.15, -0.1) is 0 Å². The molecule has 1 fully saturated rings. The maximum atomic E-state index is 12.5. The maximum absolute atomic E-state index is 12.5. The number of aliphatic imine (C=N–C) groups is 1. The average Bonchev–Trinajstić information content (AvgIpc) is 2.72. The van der Waals surface area contributed by atoms with E-state index in [-0.39, 0.29) is 11.9 Å². The first-order valence-corrected chi connectivity index (χ1v) is 8.35. The molecule has 0 bridgehead atoms. The molecule has 0 spiro atoms. The Labute approximate surface area is 141 Å². The highest BCUT2D eigenvalue weighted by Crippen LogP contribution is 2.30. The first kappa shape index (κ1) is 15.8. The number of amidine groups is 1. The van der Waals surface area contributed by atoms with E-state index in [0.717, 1.165) is 29.2 Å². The number of nitrogens with zero attached hydrogens (tertiary/aromatic N) is 2. The zero-order chi connectivity index (χ0) is 16.4. The van der Waals surface area contributed by atoms with Gasteiger partial charge in [0.25, 0.3) is 0 Å². The van der Waals surface area contributed by atoms with Crippen molar-refractivity contribution in [1.29, 1.82) is 0 Å². The Morgan fingerprint density at radius 3 is 2.70 bits per heavy atom. The van der Waals surface area contributed by atoms with Crippen molar-refractivity contribution in [3.63, 3.8) is 0 Å². The summed E-state index contributed by atoms with van der Waals surface area (Å²) in [6.07, 6.45) is 4.25. The largest absolute Gasteiger partial charge is 0.321 e. The van der Waals surface area contributed by atoms with E-state index in [9.17, 15) is 4.79 Å². The van der Waals surface area contributed by atoms with Crippen LogP contribution in [0, 0.1) is 0 Å². The Morgan fingerprint density at radius 2 is 2.04 bits per heavy atom. The lowest BCUT2D eigenvalue weighted by molar-refractivity contribution is -0.121. The van der Waals surface area contributed by atoms with Crippen molar-refractivity contribution in [3.8, 4) is 0 Å². The first-order valence-electron chi connectivity index (χ1n) is 7.97. The summed E-state index contributed by atoms with van der Waals surface area (Å²) in [5.41, 5.74) is 2.77. The molecular formula is C18H20ClN3O. The zero-order valence-electron chi connectivity index (χ0n) is 13.3. The number of carbonyl (C=O) groups excluding carboxylic acids is 1. The Bertz CT molecular complexity index is 706. The predicted octanol–water partition coefficient (Wildman–Crippen LogP) is 3.95. The van der Waals surface area contributed by atoms with Crippen molar-refractivity contribution >= 4 is 29.0 Å². The molecule has 0 saturated carbocycles. The first-order chi connectivity index (χ1) is 11.2. The van der Waals surface area contributed by atoms with E-state index in [1.54, 1.807) is 0 Å². The van der Waals surface area contributed by atoms with E-state index in [4.69, 9.17) is 11.6 Å². The van der Waals surface area contributed by atoms with E-state index in [1.165, 1.54) is 0 Å². The van der Waals surface area contributed by atoms with Gasteiger partial charge in [-0.25, -0.2) is 4.99 Å². The molecule has 4 nitrogen and oxygen atoms in total. The van der Waals surface area contributed by atoms with Gasteiger partial charge in [-0.3, -0.25) is 4.79 Å². The SMILES string of the molecule is CCC1=C(Cl)N=C2C(=CC1)NC(=O)C(CC)N2c1ccccc1. The Kier molecular flexibility index (Phi) is 4.53. The highest BCUT2D eigenvalue weighted by atomic mass is 35.5. The van der Waals surface area contributed by atoms with Crippen molar-refractivity contribution in [3.05, 3.63) is 52.8 Å². The number of nitrogens with one attached hydrogen (secondary N) is 1. The summed E-state index contributed by atoms with van der Waals surface area (Å²) in [6.45, 7) is 4.06. The van der Waals surface area contributed by atoms with Crippen molar-refractivity contribution in [1.82, 2.24) is 5.32 Å². The van der Waals surface area contributed by atoms with Crippen LogP contribution in [-0.4, -0.2) is 17.8 Å². The number of carbonyl (C=O) groups is 1. The predicted molar refractivity (Wildman–Crippen MR) is 94.4 cm³/mol. The monoisotopic (exact) mass is 329 g/mol. The van der Waals surface area contributed by atoms with Crippen LogP contribution in [0.5, 0.6) is 0 Å². The fourth-order valence-electron chi connectivity index (χ4n) is 2.95. The van der Waals surface area contributed by atoms with Gasteiger partial charge in [0.05, 0.1) is 5.70 Å². The van der Waals surface area contributed by atoms with Crippen LogP contribution in [-0.2, 0) is 4.79 Å². The number of fused-ring (bicyclic) bond motifs is 1. The molecule has 1 saturated heterocycles. The minimum absolute atomic E-state index is 0.00220. The molecule has 2 aliphatic rings. The molecule has 5 heteroatoms. The Morgan fingerprint density at radius 1 is 1.30 bits per heavy atom. The molecule has 1 atom stereocenters. The molecule has 23 heavy (non-hydrogen) atoms. The fraction of sp³-hybridized carbons (Fsp3) is 0.333.